The minimum Gasteiger partial charge on any atom is -0.263 e. The molecule has 0 amide bonds. The van der Waals surface area contributed by atoms with E-state index < -0.39 is 20.8 Å². The Morgan fingerprint density at radius 1 is 1.27 bits per heavy atom. The summed E-state index contributed by atoms with van der Waals surface area (Å²) < 4.78 is 54.9. The van der Waals surface area contributed by atoms with Crippen molar-refractivity contribution in [2.75, 3.05) is 6.61 Å². The highest BCUT2D eigenvalue weighted by Crippen LogP contribution is 1.99. The van der Waals surface area contributed by atoms with E-state index in [0.717, 1.165) is 0 Å². The van der Waals surface area contributed by atoms with Crippen molar-refractivity contribution in [3.8, 4) is 0 Å². The smallest absolute Gasteiger partial charge is 0.263 e. The minimum absolute atomic E-state index is 0.280. The molecule has 0 saturated carbocycles. The number of hydrogen-bond donors (Lipinski definition) is 1. The molecule has 0 aromatic heterocycles. The lowest BCUT2D eigenvalue weighted by atomic mass is 10.9. The standard InChI is InChI=1S/C2H6O7S2/c1-2-8-11(6,7)9-10(3,4)5/h2H2,1H3,(H,3,4,5). The Kier molecular flexibility index (Phi) is 3.38. The highest BCUT2D eigenvalue weighted by atomic mass is 32.3. The lowest BCUT2D eigenvalue weighted by molar-refractivity contribution is 0.277. The van der Waals surface area contributed by atoms with Gasteiger partial charge < -0.3 is 0 Å². The molecule has 9 heteroatoms. The fraction of sp³-hybridized carbons (Fsp3) is 1.00. The summed E-state index contributed by atoms with van der Waals surface area (Å²) in [7, 11) is -9.64. The molecule has 11 heavy (non-hydrogen) atoms. The molecular weight excluding hydrogens is 200 g/mol. The maximum atomic E-state index is 10.3. The summed E-state index contributed by atoms with van der Waals surface area (Å²) >= 11 is 0. The molecule has 0 aliphatic heterocycles. The monoisotopic (exact) mass is 206 g/mol. The second kappa shape index (κ2) is 3.45. The third-order valence-electron chi connectivity index (χ3n) is 0.432. The molecule has 0 aromatic rings. The van der Waals surface area contributed by atoms with E-state index in [0.29, 0.717) is 0 Å². The van der Waals surface area contributed by atoms with Crippen LogP contribution in [0.4, 0.5) is 0 Å². The van der Waals surface area contributed by atoms with E-state index in [2.05, 4.69) is 7.81 Å². The van der Waals surface area contributed by atoms with Crippen LogP contribution < -0.4 is 0 Å². The van der Waals surface area contributed by atoms with Gasteiger partial charge in [0.15, 0.2) is 0 Å². The SMILES string of the molecule is CCOS(=O)(=O)OS(=O)(=O)O. The minimum atomic E-state index is -5.02. The molecule has 0 rings (SSSR count). The quantitative estimate of drug-likeness (QED) is 0.593. The zero-order chi connectivity index (χ0) is 9.12. The molecule has 0 bridgehead atoms. The molecule has 0 aromatic carbocycles. The maximum Gasteiger partial charge on any atom is 0.416 e. The maximum absolute atomic E-state index is 10.3. The lowest BCUT2D eigenvalue weighted by Crippen LogP contribution is -2.14. The Morgan fingerprint density at radius 2 is 1.73 bits per heavy atom. The molecule has 0 aliphatic rings. The van der Waals surface area contributed by atoms with Crippen LogP contribution in [0, 0.1) is 0 Å². The van der Waals surface area contributed by atoms with Gasteiger partial charge in [-0.05, 0) is 6.92 Å². The highest BCUT2D eigenvalue weighted by molar-refractivity contribution is 7.94. The van der Waals surface area contributed by atoms with Crippen molar-refractivity contribution in [1.82, 2.24) is 0 Å². The van der Waals surface area contributed by atoms with Gasteiger partial charge in [-0.15, -0.1) is 3.63 Å². The first kappa shape index (κ1) is 10.8. The fourth-order valence-electron chi connectivity index (χ4n) is 0.269. The fourth-order valence-corrected chi connectivity index (χ4v) is 1.56. The number of rotatable bonds is 4. The van der Waals surface area contributed by atoms with Gasteiger partial charge in [0.05, 0.1) is 6.61 Å². The average molecular weight is 206 g/mol. The van der Waals surface area contributed by atoms with E-state index in [-0.39, 0.29) is 6.61 Å². The van der Waals surface area contributed by atoms with Gasteiger partial charge in [-0.2, -0.15) is 16.8 Å². The lowest BCUT2D eigenvalue weighted by Gasteiger charge is -1.98. The second-order valence-corrected chi connectivity index (χ2v) is 3.76. The van der Waals surface area contributed by atoms with Crippen LogP contribution in [0.2, 0.25) is 0 Å². The largest absolute Gasteiger partial charge is 0.416 e. The van der Waals surface area contributed by atoms with Gasteiger partial charge in [0, 0.05) is 0 Å². The van der Waals surface area contributed by atoms with E-state index in [9.17, 15) is 16.8 Å². The molecular formula is C2H6O7S2. The first-order valence-corrected chi connectivity index (χ1v) is 5.04. The Hall–Kier alpha value is -0.220. The summed E-state index contributed by atoms with van der Waals surface area (Å²) in [5, 5.41) is 0. The molecule has 0 unspecified atom stereocenters. The van der Waals surface area contributed by atoms with Crippen molar-refractivity contribution in [3.05, 3.63) is 0 Å². The molecule has 0 aliphatic carbocycles. The Balaban J connectivity index is 4.40. The van der Waals surface area contributed by atoms with E-state index in [4.69, 9.17) is 4.55 Å². The van der Waals surface area contributed by atoms with E-state index >= 15 is 0 Å². The molecule has 0 atom stereocenters. The Morgan fingerprint density at radius 3 is 2.00 bits per heavy atom. The Labute approximate surface area is 64.2 Å². The summed E-state index contributed by atoms with van der Waals surface area (Å²) in [4.78, 5) is 0. The van der Waals surface area contributed by atoms with Gasteiger partial charge in [0.2, 0.25) is 0 Å². The van der Waals surface area contributed by atoms with Gasteiger partial charge >= 0.3 is 20.8 Å². The van der Waals surface area contributed by atoms with Crippen LogP contribution >= 0.6 is 0 Å². The summed E-state index contributed by atoms with van der Waals surface area (Å²) in [6.07, 6.45) is 0. The van der Waals surface area contributed by atoms with Crippen LogP contribution in [0.5, 0.6) is 0 Å². The van der Waals surface area contributed by atoms with Crippen LogP contribution in [0.25, 0.3) is 0 Å². The van der Waals surface area contributed by atoms with Crippen molar-refractivity contribution in [3.63, 3.8) is 0 Å². The van der Waals surface area contributed by atoms with Gasteiger partial charge in [0.25, 0.3) is 0 Å². The molecule has 68 valence electrons. The average Bonchev–Trinajstić information content (AvgIpc) is 1.55. The predicted octanol–water partition coefficient (Wildman–Crippen LogP) is -0.913. The number of hydrogen-bond acceptors (Lipinski definition) is 6. The summed E-state index contributed by atoms with van der Waals surface area (Å²) in [5.74, 6) is 0. The molecule has 7 nitrogen and oxygen atoms in total. The van der Waals surface area contributed by atoms with Gasteiger partial charge in [-0.1, -0.05) is 0 Å². The zero-order valence-corrected chi connectivity index (χ0v) is 7.05. The van der Waals surface area contributed by atoms with E-state index in [1.54, 1.807) is 0 Å². The molecule has 0 fully saturated rings. The predicted molar refractivity (Wildman–Crippen MR) is 33.2 cm³/mol. The summed E-state index contributed by atoms with van der Waals surface area (Å²) in [6.45, 7) is 1.03. The molecule has 0 spiro atoms. The van der Waals surface area contributed by atoms with Crippen LogP contribution in [0.15, 0.2) is 0 Å². The van der Waals surface area contributed by atoms with Crippen molar-refractivity contribution in [2.45, 2.75) is 6.92 Å². The van der Waals surface area contributed by atoms with Crippen molar-refractivity contribution >= 4 is 20.8 Å². The zero-order valence-electron chi connectivity index (χ0n) is 5.42. The third kappa shape index (κ3) is 6.19. The Bertz CT molecular complexity index is 295. The van der Waals surface area contributed by atoms with Crippen LogP contribution in [-0.2, 0) is 28.6 Å². The van der Waals surface area contributed by atoms with Gasteiger partial charge in [0.1, 0.15) is 0 Å². The normalized spacial score (nSPS) is 13.3. The molecule has 0 saturated heterocycles. The van der Waals surface area contributed by atoms with Gasteiger partial charge in [-0.25, -0.2) is 4.18 Å². The third-order valence-corrected chi connectivity index (χ3v) is 2.31. The first-order chi connectivity index (χ1) is 4.77. The van der Waals surface area contributed by atoms with E-state index in [1.165, 1.54) is 6.92 Å². The molecule has 1 N–H and O–H groups in total. The van der Waals surface area contributed by atoms with Crippen LogP contribution in [0.3, 0.4) is 0 Å². The molecule has 0 radical (unpaired) electrons. The van der Waals surface area contributed by atoms with Crippen molar-refractivity contribution < 1.29 is 29.2 Å². The highest BCUT2D eigenvalue weighted by Gasteiger charge is 2.20. The van der Waals surface area contributed by atoms with Gasteiger partial charge in [-0.3, -0.25) is 4.55 Å². The first-order valence-electron chi connectivity index (χ1n) is 2.35. The summed E-state index contributed by atoms with van der Waals surface area (Å²) in [6, 6.07) is 0. The second-order valence-electron chi connectivity index (χ2n) is 1.31. The topological polar surface area (TPSA) is 107 Å². The summed E-state index contributed by atoms with van der Waals surface area (Å²) in [5.41, 5.74) is 0. The molecule has 0 heterocycles. The van der Waals surface area contributed by atoms with Crippen LogP contribution in [0.1, 0.15) is 6.92 Å². The van der Waals surface area contributed by atoms with Crippen LogP contribution in [-0.4, -0.2) is 28.0 Å². The van der Waals surface area contributed by atoms with Crippen molar-refractivity contribution in [1.29, 1.82) is 0 Å². The van der Waals surface area contributed by atoms with E-state index in [1.807, 2.05) is 0 Å². The van der Waals surface area contributed by atoms with Crippen molar-refractivity contribution in [2.24, 2.45) is 0 Å².